The number of nitrogens with one attached hydrogen (secondary N) is 1. The molecule has 3 rings (SSSR count). The predicted octanol–water partition coefficient (Wildman–Crippen LogP) is 4.50. The molecule has 0 unspecified atom stereocenters. The minimum Gasteiger partial charge on any atom is -0.497 e. The first-order valence-electron chi connectivity index (χ1n) is 9.88. The Labute approximate surface area is 183 Å². The van der Waals surface area contributed by atoms with Crippen molar-refractivity contribution in [2.24, 2.45) is 0 Å². The maximum Gasteiger partial charge on any atom is 0.173 e. The number of methoxy groups -OCH3 is 2. The highest BCUT2D eigenvalue weighted by atomic mass is 32.1. The van der Waals surface area contributed by atoms with Crippen molar-refractivity contribution >= 4 is 23.0 Å². The van der Waals surface area contributed by atoms with Crippen LogP contribution < -0.4 is 14.8 Å². The normalized spacial score (nSPS) is 10.5. The van der Waals surface area contributed by atoms with Crippen LogP contribution >= 0.6 is 12.2 Å². The average Bonchev–Trinajstić information content (AvgIpc) is 3.27. The zero-order chi connectivity index (χ0) is 21.3. The maximum absolute atomic E-state index is 5.76. The van der Waals surface area contributed by atoms with Gasteiger partial charge >= 0.3 is 0 Å². The van der Waals surface area contributed by atoms with Gasteiger partial charge in [-0.2, -0.15) is 0 Å². The summed E-state index contributed by atoms with van der Waals surface area (Å²) < 4.78 is 12.7. The van der Waals surface area contributed by atoms with Gasteiger partial charge in [0.05, 0.1) is 20.5 Å². The van der Waals surface area contributed by atoms with E-state index in [-0.39, 0.29) is 0 Å². The van der Waals surface area contributed by atoms with Gasteiger partial charge in [0.2, 0.25) is 0 Å². The Morgan fingerprint density at radius 1 is 1.13 bits per heavy atom. The fraction of sp³-hybridized carbons (Fsp3) is 0.304. The van der Waals surface area contributed by atoms with E-state index < -0.39 is 0 Å². The number of anilines is 1. The molecule has 1 heterocycles. The average molecular weight is 425 g/mol. The molecule has 1 aromatic heterocycles. The molecule has 0 bridgehead atoms. The van der Waals surface area contributed by atoms with Gasteiger partial charge in [0, 0.05) is 37.7 Å². The summed E-state index contributed by atoms with van der Waals surface area (Å²) in [7, 11) is 3.35. The van der Waals surface area contributed by atoms with Gasteiger partial charge in [-0.05, 0) is 67.0 Å². The standard InChI is InChI=1S/C23H28N4O2S/c1-18-15-20(7-10-22(18)29-3)25-23(30)27(13-4-12-26-14-11-24-17-26)16-19-5-8-21(28-2)9-6-19/h5-11,14-15,17H,4,12-13,16H2,1-3H3,(H,25,30). The molecule has 3 aromatic rings. The molecule has 1 N–H and O–H groups in total. The molecule has 0 aliphatic heterocycles. The predicted molar refractivity (Wildman–Crippen MR) is 124 cm³/mol. The van der Waals surface area contributed by atoms with E-state index >= 15 is 0 Å². The Hall–Kier alpha value is -3.06. The number of hydrogen-bond acceptors (Lipinski definition) is 4. The Bertz CT molecular complexity index is 942. The largest absolute Gasteiger partial charge is 0.497 e. The summed E-state index contributed by atoms with van der Waals surface area (Å²) in [6.45, 7) is 4.46. The first-order chi connectivity index (χ1) is 14.6. The molecule has 0 radical (unpaired) electrons. The summed E-state index contributed by atoms with van der Waals surface area (Å²) >= 11 is 5.76. The van der Waals surface area contributed by atoms with Crippen LogP contribution in [0, 0.1) is 6.92 Å². The zero-order valence-electron chi connectivity index (χ0n) is 17.7. The van der Waals surface area contributed by atoms with E-state index in [2.05, 4.69) is 31.9 Å². The minimum atomic E-state index is 0.695. The molecule has 158 valence electrons. The highest BCUT2D eigenvalue weighted by Crippen LogP contribution is 2.22. The molecule has 0 saturated carbocycles. The number of aryl methyl sites for hydroxylation is 2. The van der Waals surface area contributed by atoms with Crippen molar-refractivity contribution in [1.82, 2.24) is 14.5 Å². The Morgan fingerprint density at radius 2 is 1.93 bits per heavy atom. The second kappa shape index (κ2) is 10.6. The number of nitrogens with zero attached hydrogens (tertiary/aromatic N) is 3. The monoisotopic (exact) mass is 424 g/mol. The second-order valence-corrected chi connectivity index (χ2v) is 7.42. The SMILES string of the molecule is COc1ccc(CN(CCCn2ccnc2)C(=S)Nc2ccc(OC)c(C)c2)cc1. The Balaban J connectivity index is 1.69. The van der Waals surface area contributed by atoms with Crippen LogP contribution in [0.3, 0.4) is 0 Å². The molecule has 0 saturated heterocycles. The van der Waals surface area contributed by atoms with Crippen molar-refractivity contribution in [3.8, 4) is 11.5 Å². The van der Waals surface area contributed by atoms with E-state index in [0.29, 0.717) is 5.11 Å². The van der Waals surface area contributed by atoms with E-state index in [1.165, 1.54) is 5.56 Å². The summed E-state index contributed by atoms with van der Waals surface area (Å²) in [5, 5.41) is 4.07. The molecule has 0 spiro atoms. The van der Waals surface area contributed by atoms with Crippen molar-refractivity contribution in [3.05, 3.63) is 72.3 Å². The molecule has 30 heavy (non-hydrogen) atoms. The quantitative estimate of drug-likeness (QED) is 0.511. The molecule has 7 heteroatoms. The third-order valence-electron chi connectivity index (χ3n) is 4.87. The van der Waals surface area contributed by atoms with E-state index in [4.69, 9.17) is 21.7 Å². The topological polar surface area (TPSA) is 51.5 Å². The first-order valence-corrected chi connectivity index (χ1v) is 10.3. The number of hydrogen-bond donors (Lipinski definition) is 1. The van der Waals surface area contributed by atoms with Gasteiger partial charge in [0.15, 0.2) is 5.11 Å². The molecule has 2 aromatic carbocycles. The molecule has 0 amide bonds. The summed E-state index contributed by atoms with van der Waals surface area (Å²) in [5.41, 5.74) is 3.19. The van der Waals surface area contributed by atoms with Crippen LogP contribution in [-0.2, 0) is 13.1 Å². The second-order valence-electron chi connectivity index (χ2n) is 7.04. The summed E-state index contributed by atoms with van der Waals surface area (Å²) in [6.07, 6.45) is 6.57. The number of thiocarbonyl (C=S) groups is 1. The van der Waals surface area contributed by atoms with Crippen molar-refractivity contribution in [1.29, 1.82) is 0 Å². The van der Waals surface area contributed by atoms with Crippen LogP contribution in [0.5, 0.6) is 11.5 Å². The van der Waals surface area contributed by atoms with Crippen molar-refractivity contribution < 1.29 is 9.47 Å². The van der Waals surface area contributed by atoms with E-state index in [9.17, 15) is 0 Å². The minimum absolute atomic E-state index is 0.695. The number of ether oxygens (including phenoxy) is 2. The maximum atomic E-state index is 5.76. The highest BCUT2D eigenvalue weighted by molar-refractivity contribution is 7.80. The molecule has 6 nitrogen and oxygen atoms in total. The van der Waals surface area contributed by atoms with E-state index in [1.807, 2.05) is 49.8 Å². The van der Waals surface area contributed by atoms with E-state index in [1.54, 1.807) is 20.4 Å². The van der Waals surface area contributed by atoms with Crippen molar-refractivity contribution in [3.63, 3.8) is 0 Å². The van der Waals surface area contributed by atoms with Crippen LogP contribution in [0.4, 0.5) is 5.69 Å². The smallest absolute Gasteiger partial charge is 0.173 e. The lowest BCUT2D eigenvalue weighted by Crippen LogP contribution is -2.35. The summed E-state index contributed by atoms with van der Waals surface area (Å²) in [6, 6.07) is 14.1. The molecule has 0 aliphatic rings. The zero-order valence-corrected chi connectivity index (χ0v) is 18.5. The molecule has 0 atom stereocenters. The Kier molecular flexibility index (Phi) is 7.68. The van der Waals surface area contributed by atoms with Crippen LogP contribution in [0.1, 0.15) is 17.5 Å². The lowest BCUT2D eigenvalue weighted by molar-refractivity contribution is 0.394. The first kappa shape index (κ1) is 21.6. The number of benzene rings is 2. The fourth-order valence-corrected chi connectivity index (χ4v) is 3.50. The van der Waals surface area contributed by atoms with Crippen LogP contribution in [0.2, 0.25) is 0 Å². The third kappa shape index (κ3) is 5.97. The Morgan fingerprint density at radius 3 is 2.57 bits per heavy atom. The van der Waals surface area contributed by atoms with Gasteiger partial charge in [0.25, 0.3) is 0 Å². The fourth-order valence-electron chi connectivity index (χ4n) is 3.23. The highest BCUT2D eigenvalue weighted by Gasteiger charge is 2.12. The van der Waals surface area contributed by atoms with E-state index in [0.717, 1.165) is 48.8 Å². The van der Waals surface area contributed by atoms with Gasteiger partial charge in [-0.1, -0.05) is 12.1 Å². The lowest BCUT2D eigenvalue weighted by Gasteiger charge is -2.26. The molecular weight excluding hydrogens is 396 g/mol. The van der Waals surface area contributed by atoms with Gasteiger partial charge in [-0.25, -0.2) is 4.98 Å². The van der Waals surface area contributed by atoms with Crippen LogP contribution in [0.25, 0.3) is 0 Å². The third-order valence-corrected chi connectivity index (χ3v) is 5.23. The van der Waals surface area contributed by atoms with Crippen molar-refractivity contribution in [2.75, 3.05) is 26.1 Å². The molecule has 0 aliphatic carbocycles. The van der Waals surface area contributed by atoms with Crippen LogP contribution in [0.15, 0.2) is 61.2 Å². The summed E-state index contributed by atoms with van der Waals surface area (Å²) in [4.78, 5) is 6.29. The van der Waals surface area contributed by atoms with Gasteiger partial charge < -0.3 is 24.3 Å². The number of imidazole rings is 1. The summed E-state index contributed by atoms with van der Waals surface area (Å²) in [5.74, 6) is 1.71. The number of rotatable bonds is 9. The van der Waals surface area contributed by atoms with Crippen LogP contribution in [-0.4, -0.2) is 40.3 Å². The number of aromatic nitrogens is 2. The van der Waals surface area contributed by atoms with Gasteiger partial charge in [-0.15, -0.1) is 0 Å². The molecule has 0 fully saturated rings. The van der Waals surface area contributed by atoms with Gasteiger partial charge in [-0.3, -0.25) is 0 Å². The lowest BCUT2D eigenvalue weighted by atomic mass is 10.2. The van der Waals surface area contributed by atoms with Gasteiger partial charge in [0.1, 0.15) is 11.5 Å². The molecular formula is C23H28N4O2S. The van der Waals surface area contributed by atoms with Crippen molar-refractivity contribution in [2.45, 2.75) is 26.4 Å².